The van der Waals surface area contributed by atoms with Crippen molar-refractivity contribution in [3.8, 4) is 0 Å². The van der Waals surface area contributed by atoms with Gasteiger partial charge in [-0.2, -0.15) is 7.11 Å². The molecule has 0 saturated heterocycles. The average Bonchev–Trinajstić information content (AvgIpc) is 2.20. The third-order valence-electron chi connectivity index (χ3n) is 1.73. The van der Waals surface area contributed by atoms with E-state index >= 15 is 0 Å². The summed E-state index contributed by atoms with van der Waals surface area (Å²) in [5.74, 6) is 0. The zero-order valence-electron chi connectivity index (χ0n) is 9.37. The van der Waals surface area contributed by atoms with Gasteiger partial charge in [0.1, 0.15) is 0 Å². The molecule has 13 heavy (non-hydrogen) atoms. The smallest absolute Gasteiger partial charge is 0.153 e. The van der Waals surface area contributed by atoms with E-state index in [2.05, 4.69) is 27.7 Å². The monoisotopic (exact) mass is 204 g/mol. The van der Waals surface area contributed by atoms with Crippen LogP contribution in [0.2, 0.25) is 0 Å². The normalized spacial score (nSPS) is 13.7. The van der Waals surface area contributed by atoms with Crippen LogP contribution in [-0.4, -0.2) is 35.2 Å². The summed E-state index contributed by atoms with van der Waals surface area (Å²) in [6.45, 7) is 8.39. The largest absolute Gasteiger partial charge is 0.857 e. The average molecular weight is 204 g/mol. The maximum absolute atomic E-state index is 8.25. The van der Waals surface area contributed by atoms with Gasteiger partial charge < -0.3 is 5.11 Å². The van der Waals surface area contributed by atoms with Gasteiger partial charge in [-0.1, -0.05) is 0 Å². The Morgan fingerprint density at radius 3 is 1.54 bits per heavy atom. The number of hydrogen-bond acceptors (Lipinski definition) is 3. The fraction of sp³-hybridized carbons (Fsp3) is 1.00. The van der Waals surface area contributed by atoms with Crippen LogP contribution in [-0.2, 0) is 7.58 Å². The molecule has 3 nitrogen and oxygen atoms in total. The van der Waals surface area contributed by atoms with Crippen LogP contribution in [0.5, 0.6) is 0 Å². The predicted octanol–water partition coefficient (Wildman–Crippen LogP) is 1.13. The molecule has 0 aliphatic rings. The molecule has 0 radical (unpaired) electrons. The summed E-state index contributed by atoms with van der Waals surface area (Å²) >= 11 is -0.250. The first-order valence-electron chi connectivity index (χ1n) is 4.74. The third kappa shape index (κ3) is 12.4. The molecule has 0 aliphatic carbocycles. The number of rotatable bonds is 6. The van der Waals surface area contributed by atoms with Crippen molar-refractivity contribution >= 4 is 15.9 Å². The molecule has 0 aromatic heterocycles. The minimum atomic E-state index is -0.250. The van der Waals surface area contributed by atoms with Gasteiger partial charge in [-0.3, -0.25) is 0 Å². The molecule has 0 spiro atoms. The third-order valence-corrected chi connectivity index (χ3v) is 2.88. The van der Waals surface area contributed by atoms with Crippen LogP contribution < -0.4 is 5.11 Å². The Hall–Kier alpha value is 0.412. The van der Waals surface area contributed by atoms with E-state index in [1.165, 1.54) is 0 Å². The molecule has 4 heteroatoms. The standard InChI is InChI=1S/2C4H9O.CH3O.Al/c2*1-3-4(2)5;1-2;/h2*4H,3H2,1-2H3;1H3;/q3*-1;+3. The van der Waals surface area contributed by atoms with E-state index in [4.69, 9.17) is 12.7 Å². The Morgan fingerprint density at radius 2 is 1.31 bits per heavy atom. The predicted molar refractivity (Wildman–Crippen MR) is 53.4 cm³/mol. The maximum Gasteiger partial charge on any atom is -0.153 e. The second-order valence-electron chi connectivity index (χ2n) is 2.81. The fourth-order valence-electron chi connectivity index (χ4n) is 0.414. The SMILES string of the molecule is CCC(C)[O][Al+][O]C(C)CC.C[O-]. The van der Waals surface area contributed by atoms with Crippen molar-refractivity contribution < 1.29 is 12.7 Å². The first-order chi connectivity index (χ1) is 6.20. The van der Waals surface area contributed by atoms with E-state index < -0.39 is 0 Å². The fourth-order valence-corrected chi connectivity index (χ4v) is 1.24. The molecule has 0 aromatic rings. The molecular weight excluding hydrogens is 183 g/mol. The van der Waals surface area contributed by atoms with Gasteiger partial charge in [-0.05, 0) is 0 Å². The minimum Gasteiger partial charge on any atom is -0.857 e. The molecule has 2 atom stereocenters. The summed E-state index contributed by atoms with van der Waals surface area (Å²) in [6, 6.07) is 0. The van der Waals surface area contributed by atoms with Gasteiger partial charge in [-0.25, -0.2) is 0 Å². The van der Waals surface area contributed by atoms with Gasteiger partial charge in [-0.15, -0.1) is 0 Å². The van der Waals surface area contributed by atoms with Crippen molar-refractivity contribution in [2.45, 2.75) is 52.7 Å². The van der Waals surface area contributed by atoms with E-state index in [-0.39, 0.29) is 15.9 Å². The Balaban J connectivity index is 0. The van der Waals surface area contributed by atoms with E-state index in [0.717, 1.165) is 20.0 Å². The van der Waals surface area contributed by atoms with Gasteiger partial charge in [0.2, 0.25) is 0 Å². The second-order valence-corrected chi connectivity index (χ2v) is 3.54. The Labute approximate surface area is 88.8 Å². The Morgan fingerprint density at radius 1 is 1.00 bits per heavy atom. The summed E-state index contributed by atoms with van der Waals surface area (Å²) < 4.78 is 10.8. The van der Waals surface area contributed by atoms with Gasteiger partial charge in [0.15, 0.2) is 0 Å². The van der Waals surface area contributed by atoms with Crippen molar-refractivity contribution in [1.82, 2.24) is 0 Å². The van der Waals surface area contributed by atoms with E-state index in [9.17, 15) is 0 Å². The van der Waals surface area contributed by atoms with Crippen LogP contribution in [0.4, 0.5) is 0 Å². The van der Waals surface area contributed by atoms with Crippen LogP contribution in [0.25, 0.3) is 0 Å². The van der Waals surface area contributed by atoms with Gasteiger partial charge in [0, 0.05) is 0 Å². The molecule has 0 amide bonds. The summed E-state index contributed by atoms with van der Waals surface area (Å²) in [6.07, 6.45) is 2.84. The first kappa shape index (κ1) is 15.9. The van der Waals surface area contributed by atoms with Gasteiger partial charge in [0.05, 0.1) is 0 Å². The zero-order chi connectivity index (χ0) is 10.7. The topological polar surface area (TPSA) is 41.5 Å². The number of hydrogen-bond donors (Lipinski definition) is 0. The summed E-state index contributed by atoms with van der Waals surface area (Å²) in [5.41, 5.74) is 0. The summed E-state index contributed by atoms with van der Waals surface area (Å²) in [4.78, 5) is 0. The molecule has 0 heterocycles. The van der Waals surface area contributed by atoms with Crippen molar-refractivity contribution in [2.75, 3.05) is 7.11 Å². The molecule has 78 valence electrons. The molecular formula is C9H21AlO3. The zero-order valence-corrected chi connectivity index (χ0v) is 10.5. The molecule has 0 aromatic carbocycles. The van der Waals surface area contributed by atoms with E-state index in [1.807, 2.05) is 0 Å². The molecule has 0 rings (SSSR count). The second kappa shape index (κ2) is 12.4. The van der Waals surface area contributed by atoms with Crippen molar-refractivity contribution in [1.29, 1.82) is 0 Å². The molecule has 0 aliphatic heterocycles. The minimum absolute atomic E-state index is 0.250. The first-order valence-corrected chi connectivity index (χ1v) is 5.68. The van der Waals surface area contributed by atoms with Crippen LogP contribution in [0.15, 0.2) is 0 Å². The molecule has 0 bridgehead atoms. The van der Waals surface area contributed by atoms with Crippen LogP contribution >= 0.6 is 0 Å². The van der Waals surface area contributed by atoms with Crippen LogP contribution in [0.3, 0.4) is 0 Å². The molecule has 2 unspecified atom stereocenters. The summed E-state index contributed by atoms with van der Waals surface area (Å²) in [7, 11) is 0.750. The molecule has 0 N–H and O–H groups in total. The quantitative estimate of drug-likeness (QED) is 0.609. The van der Waals surface area contributed by atoms with Crippen LogP contribution in [0, 0.1) is 0 Å². The van der Waals surface area contributed by atoms with Crippen LogP contribution in [0.1, 0.15) is 40.5 Å². The Bertz CT molecular complexity index is 80.9. The van der Waals surface area contributed by atoms with E-state index in [1.54, 1.807) is 0 Å². The Kier molecular flexibility index (Phi) is 15.1. The maximum atomic E-state index is 8.25. The van der Waals surface area contributed by atoms with Crippen molar-refractivity contribution in [3.63, 3.8) is 0 Å². The molecule has 0 fully saturated rings. The van der Waals surface area contributed by atoms with Crippen molar-refractivity contribution in [2.24, 2.45) is 0 Å². The van der Waals surface area contributed by atoms with Gasteiger partial charge >= 0.3 is 76.2 Å². The van der Waals surface area contributed by atoms with E-state index in [0.29, 0.717) is 12.2 Å². The summed E-state index contributed by atoms with van der Waals surface area (Å²) in [5, 5.41) is 8.25. The van der Waals surface area contributed by atoms with Crippen molar-refractivity contribution in [3.05, 3.63) is 0 Å². The van der Waals surface area contributed by atoms with Gasteiger partial charge in [0.25, 0.3) is 0 Å². The molecule has 0 saturated carbocycles.